The van der Waals surface area contributed by atoms with Crippen LogP contribution in [0.4, 0.5) is 0 Å². The number of nitrogens with one attached hydrogen (secondary N) is 1. The Labute approximate surface area is 135 Å². The fraction of sp³-hybridized carbons (Fsp3) is 0.222. The van der Waals surface area contributed by atoms with Crippen LogP contribution < -0.4 is 10.2 Å². The van der Waals surface area contributed by atoms with E-state index in [-0.39, 0.29) is 0 Å². The van der Waals surface area contributed by atoms with Gasteiger partial charge in [-0.1, -0.05) is 30.3 Å². The molecule has 0 spiro atoms. The van der Waals surface area contributed by atoms with Gasteiger partial charge in [0.15, 0.2) is 6.10 Å². The molecular formula is C18H20N2O3. The standard InChI is InChI=1S/C18H20N2O3/c1-3-23-16-11-9-14(10-12-16)13(2)19-20-18(22)17(21)15-7-5-4-6-8-15/h4-12,17,21H,3H2,1-2H3,(H,20,22). The highest BCUT2D eigenvalue weighted by molar-refractivity contribution is 5.99. The van der Waals surface area contributed by atoms with Crippen LogP contribution in [0.3, 0.4) is 0 Å². The number of carbonyl (C=O) groups is 1. The van der Waals surface area contributed by atoms with Crippen LogP contribution in [-0.2, 0) is 4.79 Å². The number of aliphatic hydroxyl groups excluding tert-OH is 1. The Kier molecular flexibility index (Phi) is 5.88. The van der Waals surface area contributed by atoms with E-state index in [4.69, 9.17) is 4.74 Å². The molecule has 0 saturated heterocycles. The monoisotopic (exact) mass is 312 g/mol. The van der Waals surface area contributed by atoms with Crippen molar-refractivity contribution in [1.82, 2.24) is 5.43 Å². The summed E-state index contributed by atoms with van der Waals surface area (Å²) < 4.78 is 5.38. The van der Waals surface area contributed by atoms with Gasteiger partial charge in [0.1, 0.15) is 5.75 Å². The molecule has 0 aliphatic rings. The number of ether oxygens (including phenoxy) is 1. The highest BCUT2D eigenvalue weighted by Crippen LogP contribution is 2.14. The molecule has 0 heterocycles. The van der Waals surface area contributed by atoms with Gasteiger partial charge in [-0.05, 0) is 49.2 Å². The van der Waals surface area contributed by atoms with Gasteiger partial charge in [0.25, 0.3) is 5.91 Å². The molecule has 23 heavy (non-hydrogen) atoms. The van der Waals surface area contributed by atoms with Crippen molar-refractivity contribution >= 4 is 11.6 Å². The molecule has 2 aromatic carbocycles. The second kappa shape index (κ2) is 8.10. The number of hydrazone groups is 1. The number of rotatable bonds is 6. The van der Waals surface area contributed by atoms with Crippen molar-refractivity contribution < 1.29 is 14.6 Å². The molecule has 120 valence electrons. The van der Waals surface area contributed by atoms with E-state index in [2.05, 4.69) is 10.5 Å². The molecule has 1 atom stereocenters. The Hall–Kier alpha value is -2.66. The maximum atomic E-state index is 11.9. The molecule has 0 aliphatic heterocycles. The van der Waals surface area contributed by atoms with E-state index in [0.717, 1.165) is 11.3 Å². The van der Waals surface area contributed by atoms with Crippen molar-refractivity contribution in [2.75, 3.05) is 6.61 Å². The predicted octanol–water partition coefficient (Wildman–Crippen LogP) is 2.66. The van der Waals surface area contributed by atoms with E-state index in [1.54, 1.807) is 31.2 Å². The lowest BCUT2D eigenvalue weighted by molar-refractivity contribution is -0.129. The number of aliphatic hydroxyl groups is 1. The SMILES string of the molecule is CCOc1ccc(C(C)=NNC(=O)C(O)c2ccccc2)cc1. The molecule has 0 saturated carbocycles. The van der Waals surface area contributed by atoms with Crippen LogP contribution in [-0.4, -0.2) is 23.3 Å². The smallest absolute Gasteiger partial charge is 0.273 e. The zero-order chi connectivity index (χ0) is 16.7. The summed E-state index contributed by atoms with van der Waals surface area (Å²) in [7, 11) is 0. The van der Waals surface area contributed by atoms with Gasteiger partial charge >= 0.3 is 0 Å². The first-order valence-electron chi connectivity index (χ1n) is 7.42. The average Bonchev–Trinajstić information content (AvgIpc) is 2.60. The minimum absolute atomic E-state index is 0.527. The van der Waals surface area contributed by atoms with Crippen LogP contribution in [0.2, 0.25) is 0 Å². The molecule has 0 aromatic heterocycles. The number of benzene rings is 2. The summed E-state index contributed by atoms with van der Waals surface area (Å²) in [5, 5.41) is 14.0. The third-order valence-electron chi connectivity index (χ3n) is 3.28. The minimum Gasteiger partial charge on any atom is -0.494 e. The maximum Gasteiger partial charge on any atom is 0.273 e. The summed E-state index contributed by atoms with van der Waals surface area (Å²) in [5.74, 6) is 0.217. The second-order valence-corrected chi connectivity index (χ2v) is 4.94. The Bertz CT molecular complexity index is 666. The van der Waals surface area contributed by atoms with E-state index < -0.39 is 12.0 Å². The van der Waals surface area contributed by atoms with Gasteiger partial charge in [0, 0.05) is 0 Å². The van der Waals surface area contributed by atoms with E-state index in [1.165, 1.54) is 0 Å². The zero-order valence-electron chi connectivity index (χ0n) is 13.2. The highest BCUT2D eigenvalue weighted by Gasteiger charge is 2.16. The van der Waals surface area contributed by atoms with Gasteiger partial charge in [-0.2, -0.15) is 5.10 Å². The Morgan fingerprint density at radius 1 is 1.17 bits per heavy atom. The molecule has 2 aromatic rings. The van der Waals surface area contributed by atoms with Crippen molar-refractivity contribution in [3.8, 4) is 5.75 Å². The largest absolute Gasteiger partial charge is 0.494 e. The van der Waals surface area contributed by atoms with Crippen molar-refractivity contribution in [2.24, 2.45) is 5.10 Å². The minimum atomic E-state index is -1.24. The summed E-state index contributed by atoms with van der Waals surface area (Å²) in [6.45, 7) is 4.32. The number of hydrogen-bond acceptors (Lipinski definition) is 4. The molecule has 0 bridgehead atoms. The van der Waals surface area contributed by atoms with Crippen LogP contribution >= 0.6 is 0 Å². The van der Waals surface area contributed by atoms with Crippen LogP contribution in [0, 0.1) is 0 Å². The molecule has 1 amide bonds. The summed E-state index contributed by atoms with van der Waals surface area (Å²) >= 11 is 0. The molecule has 5 heteroatoms. The Balaban J connectivity index is 1.99. The molecule has 1 unspecified atom stereocenters. The predicted molar refractivity (Wildman–Crippen MR) is 89.4 cm³/mol. The Morgan fingerprint density at radius 3 is 2.43 bits per heavy atom. The summed E-state index contributed by atoms with van der Waals surface area (Å²) in [4.78, 5) is 11.9. The van der Waals surface area contributed by atoms with Crippen LogP contribution in [0.15, 0.2) is 59.7 Å². The quantitative estimate of drug-likeness (QED) is 0.636. The van der Waals surface area contributed by atoms with Crippen LogP contribution in [0.5, 0.6) is 5.75 Å². The molecule has 2 N–H and O–H groups in total. The first-order valence-corrected chi connectivity index (χ1v) is 7.42. The van der Waals surface area contributed by atoms with Crippen molar-refractivity contribution in [3.63, 3.8) is 0 Å². The molecule has 0 fully saturated rings. The first-order chi connectivity index (χ1) is 11.1. The third-order valence-corrected chi connectivity index (χ3v) is 3.28. The summed E-state index contributed by atoms with van der Waals surface area (Å²) in [6.07, 6.45) is -1.24. The lowest BCUT2D eigenvalue weighted by Gasteiger charge is -2.09. The number of amides is 1. The molecule has 0 radical (unpaired) electrons. The normalized spacial score (nSPS) is 12.6. The fourth-order valence-corrected chi connectivity index (χ4v) is 2.01. The first kappa shape index (κ1) is 16.7. The molecule has 2 rings (SSSR count). The topological polar surface area (TPSA) is 70.9 Å². The number of carbonyl (C=O) groups excluding carboxylic acids is 1. The van der Waals surface area contributed by atoms with Crippen LogP contribution in [0.25, 0.3) is 0 Å². The maximum absolute atomic E-state index is 11.9. The number of nitrogens with zero attached hydrogens (tertiary/aromatic N) is 1. The van der Waals surface area contributed by atoms with E-state index in [1.807, 2.05) is 37.3 Å². The molecular weight excluding hydrogens is 292 g/mol. The highest BCUT2D eigenvalue weighted by atomic mass is 16.5. The summed E-state index contributed by atoms with van der Waals surface area (Å²) in [5.41, 5.74) is 4.42. The van der Waals surface area contributed by atoms with E-state index in [0.29, 0.717) is 17.9 Å². The molecule has 0 aliphatic carbocycles. The lowest BCUT2D eigenvalue weighted by atomic mass is 10.1. The number of hydrogen-bond donors (Lipinski definition) is 2. The van der Waals surface area contributed by atoms with E-state index >= 15 is 0 Å². The van der Waals surface area contributed by atoms with Gasteiger partial charge < -0.3 is 9.84 Å². The van der Waals surface area contributed by atoms with Gasteiger partial charge in [-0.25, -0.2) is 5.43 Å². The Morgan fingerprint density at radius 2 is 1.83 bits per heavy atom. The lowest BCUT2D eigenvalue weighted by Crippen LogP contribution is -2.26. The van der Waals surface area contributed by atoms with Crippen molar-refractivity contribution in [2.45, 2.75) is 20.0 Å². The van der Waals surface area contributed by atoms with E-state index in [9.17, 15) is 9.90 Å². The zero-order valence-corrected chi connectivity index (χ0v) is 13.2. The second-order valence-electron chi connectivity index (χ2n) is 4.94. The van der Waals surface area contributed by atoms with Crippen LogP contribution in [0.1, 0.15) is 31.1 Å². The van der Waals surface area contributed by atoms with Gasteiger partial charge in [-0.3, -0.25) is 4.79 Å². The van der Waals surface area contributed by atoms with Crippen molar-refractivity contribution in [3.05, 3.63) is 65.7 Å². The van der Waals surface area contributed by atoms with Crippen molar-refractivity contribution in [1.29, 1.82) is 0 Å². The summed E-state index contributed by atoms with van der Waals surface area (Å²) in [6, 6.07) is 16.1. The van der Waals surface area contributed by atoms with Gasteiger partial charge in [0.2, 0.25) is 0 Å². The third kappa shape index (κ3) is 4.66. The average molecular weight is 312 g/mol. The fourth-order valence-electron chi connectivity index (χ4n) is 2.01. The van der Waals surface area contributed by atoms with Gasteiger partial charge in [-0.15, -0.1) is 0 Å². The molecule has 5 nitrogen and oxygen atoms in total. The van der Waals surface area contributed by atoms with Gasteiger partial charge in [0.05, 0.1) is 12.3 Å².